The molecular weight excluding hydrogens is 253 g/mol. The molecule has 3 rings (SSSR count). The van der Waals surface area contributed by atoms with Crippen molar-refractivity contribution in [2.24, 2.45) is 22.6 Å². The van der Waals surface area contributed by atoms with Crippen molar-refractivity contribution < 1.29 is 4.39 Å². The third-order valence-electron chi connectivity index (χ3n) is 5.03. The first-order valence-corrected chi connectivity index (χ1v) is 7.39. The average molecular weight is 275 g/mol. The number of nitrogens with two attached hydrogens (primary N) is 1. The number of para-hydroxylation sites is 1. The monoisotopic (exact) mass is 275 g/mol. The standard InChI is InChI=1S/C16H22FN3/c1-11-7-8-16(12(2)9-11)10-19-15(18)20(16)14-6-4-3-5-13(14)17/h3-6,11-12H,7-10H2,1-2H3,(H2,18,19). The number of hydrogen-bond donors (Lipinski definition) is 1. The molecule has 1 aliphatic carbocycles. The number of rotatable bonds is 1. The topological polar surface area (TPSA) is 41.6 Å². The van der Waals surface area contributed by atoms with Gasteiger partial charge in [-0.1, -0.05) is 26.0 Å². The van der Waals surface area contributed by atoms with Gasteiger partial charge in [0.2, 0.25) is 0 Å². The van der Waals surface area contributed by atoms with Crippen LogP contribution in [0.2, 0.25) is 0 Å². The van der Waals surface area contributed by atoms with Crippen molar-refractivity contribution in [3.05, 3.63) is 30.1 Å². The number of benzene rings is 1. The van der Waals surface area contributed by atoms with Gasteiger partial charge in [0, 0.05) is 0 Å². The van der Waals surface area contributed by atoms with E-state index in [1.165, 1.54) is 6.07 Å². The van der Waals surface area contributed by atoms with Crippen molar-refractivity contribution in [3.8, 4) is 0 Å². The Morgan fingerprint density at radius 1 is 1.35 bits per heavy atom. The van der Waals surface area contributed by atoms with Gasteiger partial charge in [0.05, 0.1) is 17.8 Å². The molecule has 0 saturated heterocycles. The van der Waals surface area contributed by atoms with Gasteiger partial charge in [0.15, 0.2) is 5.96 Å². The largest absolute Gasteiger partial charge is 0.369 e. The maximum Gasteiger partial charge on any atom is 0.196 e. The number of anilines is 1. The summed E-state index contributed by atoms with van der Waals surface area (Å²) in [5, 5.41) is 0. The number of hydrogen-bond acceptors (Lipinski definition) is 3. The number of nitrogens with zero attached hydrogens (tertiary/aromatic N) is 2. The molecule has 20 heavy (non-hydrogen) atoms. The van der Waals surface area contributed by atoms with Gasteiger partial charge < -0.3 is 10.6 Å². The molecule has 3 unspecified atom stereocenters. The molecule has 1 aromatic carbocycles. The third kappa shape index (κ3) is 1.89. The van der Waals surface area contributed by atoms with Crippen molar-refractivity contribution in [1.82, 2.24) is 0 Å². The maximum atomic E-state index is 14.2. The van der Waals surface area contributed by atoms with Crippen LogP contribution in [0.5, 0.6) is 0 Å². The second-order valence-corrected chi connectivity index (χ2v) is 6.35. The van der Waals surface area contributed by atoms with Gasteiger partial charge in [-0.05, 0) is 43.2 Å². The lowest BCUT2D eigenvalue weighted by Gasteiger charge is -2.48. The van der Waals surface area contributed by atoms with Gasteiger partial charge in [-0.2, -0.15) is 0 Å². The van der Waals surface area contributed by atoms with E-state index in [-0.39, 0.29) is 11.4 Å². The summed E-state index contributed by atoms with van der Waals surface area (Å²) >= 11 is 0. The molecule has 1 aliphatic heterocycles. The van der Waals surface area contributed by atoms with E-state index in [1.807, 2.05) is 11.0 Å². The highest BCUT2D eigenvalue weighted by atomic mass is 19.1. The Bertz CT molecular complexity index is 542. The molecule has 3 nitrogen and oxygen atoms in total. The molecule has 0 amide bonds. The fourth-order valence-electron chi connectivity index (χ4n) is 3.83. The van der Waals surface area contributed by atoms with Crippen LogP contribution in [0.3, 0.4) is 0 Å². The maximum absolute atomic E-state index is 14.2. The average Bonchev–Trinajstić information content (AvgIpc) is 2.74. The van der Waals surface area contributed by atoms with E-state index in [0.717, 1.165) is 25.2 Å². The Kier molecular flexibility index (Phi) is 3.19. The van der Waals surface area contributed by atoms with E-state index in [2.05, 4.69) is 18.8 Å². The fraction of sp³-hybridized carbons (Fsp3) is 0.562. The van der Waals surface area contributed by atoms with Gasteiger partial charge in [0.25, 0.3) is 0 Å². The highest BCUT2D eigenvalue weighted by Crippen LogP contribution is 2.45. The predicted molar refractivity (Wildman–Crippen MR) is 80.3 cm³/mol. The summed E-state index contributed by atoms with van der Waals surface area (Å²) in [7, 11) is 0. The first kappa shape index (κ1) is 13.4. The molecule has 1 spiro atoms. The van der Waals surface area contributed by atoms with E-state index in [1.54, 1.807) is 12.1 Å². The highest BCUT2D eigenvalue weighted by molar-refractivity contribution is 5.98. The van der Waals surface area contributed by atoms with Crippen LogP contribution in [-0.2, 0) is 0 Å². The highest BCUT2D eigenvalue weighted by Gasteiger charge is 2.49. The lowest BCUT2D eigenvalue weighted by atomic mass is 9.69. The molecule has 1 fully saturated rings. The Morgan fingerprint density at radius 3 is 2.80 bits per heavy atom. The fourth-order valence-corrected chi connectivity index (χ4v) is 3.83. The molecule has 1 heterocycles. The summed E-state index contributed by atoms with van der Waals surface area (Å²) in [6, 6.07) is 6.86. The predicted octanol–water partition coefficient (Wildman–Crippen LogP) is 3.16. The van der Waals surface area contributed by atoms with Crippen LogP contribution in [0, 0.1) is 17.7 Å². The lowest BCUT2D eigenvalue weighted by molar-refractivity contribution is 0.179. The summed E-state index contributed by atoms with van der Waals surface area (Å²) in [5.41, 5.74) is 6.51. The molecule has 0 bridgehead atoms. The molecule has 108 valence electrons. The molecule has 0 radical (unpaired) electrons. The van der Waals surface area contributed by atoms with Crippen molar-refractivity contribution in [2.45, 2.75) is 38.6 Å². The Morgan fingerprint density at radius 2 is 2.10 bits per heavy atom. The molecule has 2 N–H and O–H groups in total. The van der Waals surface area contributed by atoms with Gasteiger partial charge in [0.1, 0.15) is 5.82 Å². The smallest absolute Gasteiger partial charge is 0.196 e. The van der Waals surface area contributed by atoms with Crippen LogP contribution in [0.1, 0.15) is 33.1 Å². The third-order valence-corrected chi connectivity index (χ3v) is 5.03. The molecule has 1 aromatic rings. The van der Waals surface area contributed by atoms with Crippen molar-refractivity contribution >= 4 is 11.6 Å². The van der Waals surface area contributed by atoms with E-state index in [0.29, 0.717) is 24.1 Å². The zero-order valence-electron chi connectivity index (χ0n) is 12.1. The lowest BCUT2D eigenvalue weighted by Crippen LogP contribution is -2.58. The number of guanidine groups is 1. The van der Waals surface area contributed by atoms with Crippen molar-refractivity contribution in [1.29, 1.82) is 0 Å². The first-order valence-electron chi connectivity index (χ1n) is 7.39. The van der Waals surface area contributed by atoms with Gasteiger partial charge >= 0.3 is 0 Å². The van der Waals surface area contributed by atoms with Crippen molar-refractivity contribution in [3.63, 3.8) is 0 Å². The van der Waals surface area contributed by atoms with Crippen LogP contribution in [-0.4, -0.2) is 18.0 Å². The normalized spacial score (nSPS) is 33.5. The zero-order valence-corrected chi connectivity index (χ0v) is 12.1. The van der Waals surface area contributed by atoms with E-state index in [4.69, 9.17) is 5.73 Å². The Labute approximate surface area is 119 Å². The minimum Gasteiger partial charge on any atom is -0.369 e. The molecular formula is C16H22FN3. The number of aliphatic imine (C=N–C) groups is 1. The second kappa shape index (κ2) is 4.76. The van der Waals surface area contributed by atoms with Gasteiger partial charge in [-0.3, -0.25) is 4.99 Å². The molecule has 0 aromatic heterocycles. The summed E-state index contributed by atoms with van der Waals surface area (Å²) in [4.78, 5) is 6.40. The van der Waals surface area contributed by atoms with E-state index in [9.17, 15) is 4.39 Å². The van der Waals surface area contributed by atoms with Gasteiger partial charge in [-0.25, -0.2) is 4.39 Å². The summed E-state index contributed by atoms with van der Waals surface area (Å²) in [6.45, 7) is 5.22. The van der Waals surface area contributed by atoms with Crippen molar-refractivity contribution in [2.75, 3.05) is 11.4 Å². The minimum absolute atomic E-state index is 0.140. The quantitative estimate of drug-likeness (QED) is 0.855. The van der Waals surface area contributed by atoms with Crippen LogP contribution >= 0.6 is 0 Å². The molecule has 4 heteroatoms. The summed E-state index contributed by atoms with van der Waals surface area (Å²) < 4.78 is 14.2. The van der Waals surface area contributed by atoms with Crippen LogP contribution in [0.25, 0.3) is 0 Å². The number of halogens is 1. The Hall–Kier alpha value is -1.58. The molecule has 3 atom stereocenters. The van der Waals surface area contributed by atoms with Crippen LogP contribution in [0.15, 0.2) is 29.3 Å². The second-order valence-electron chi connectivity index (χ2n) is 6.35. The Balaban J connectivity index is 2.03. The van der Waals surface area contributed by atoms with E-state index >= 15 is 0 Å². The first-order chi connectivity index (χ1) is 9.54. The van der Waals surface area contributed by atoms with Gasteiger partial charge in [-0.15, -0.1) is 0 Å². The van der Waals surface area contributed by atoms with Crippen LogP contribution in [0.4, 0.5) is 10.1 Å². The minimum atomic E-state index is -0.224. The SMILES string of the molecule is CC1CCC2(CN=C(N)N2c2ccccc2F)C(C)C1. The summed E-state index contributed by atoms with van der Waals surface area (Å²) in [5.74, 6) is 1.41. The zero-order chi connectivity index (χ0) is 14.3. The van der Waals surface area contributed by atoms with E-state index < -0.39 is 0 Å². The summed E-state index contributed by atoms with van der Waals surface area (Å²) in [6.07, 6.45) is 3.32. The molecule has 1 saturated carbocycles. The van der Waals surface area contributed by atoms with Crippen LogP contribution < -0.4 is 10.6 Å². The molecule has 2 aliphatic rings.